The highest BCUT2D eigenvalue weighted by atomic mass is 79.9. The van der Waals surface area contributed by atoms with Crippen LogP contribution in [0.3, 0.4) is 0 Å². The summed E-state index contributed by atoms with van der Waals surface area (Å²) in [4.78, 5) is 37.5. The van der Waals surface area contributed by atoms with Crippen LogP contribution in [-0.4, -0.2) is 30.0 Å². The summed E-state index contributed by atoms with van der Waals surface area (Å²) in [5.74, 6) is -0.591. The Morgan fingerprint density at radius 1 is 1.19 bits per heavy atom. The first-order chi connectivity index (χ1) is 12.3. The van der Waals surface area contributed by atoms with Crippen molar-refractivity contribution in [3.8, 4) is 5.75 Å². The van der Waals surface area contributed by atoms with Gasteiger partial charge in [0.25, 0.3) is 11.8 Å². The number of carbonyl (C=O) groups is 3. The predicted octanol–water partition coefficient (Wildman–Crippen LogP) is 2.57. The molecule has 26 heavy (non-hydrogen) atoms. The molecule has 4 amide bonds. The summed E-state index contributed by atoms with van der Waals surface area (Å²) >= 11 is 3.28. The van der Waals surface area contributed by atoms with Gasteiger partial charge >= 0.3 is 6.03 Å². The van der Waals surface area contributed by atoms with Crippen LogP contribution < -0.4 is 15.5 Å². The van der Waals surface area contributed by atoms with E-state index in [0.29, 0.717) is 26.4 Å². The van der Waals surface area contributed by atoms with Crippen LogP contribution in [0.25, 0.3) is 0 Å². The van der Waals surface area contributed by atoms with E-state index in [9.17, 15) is 14.4 Å². The number of nitrogens with one attached hydrogen (secondary N) is 2. The molecule has 134 valence electrons. The summed E-state index contributed by atoms with van der Waals surface area (Å²) in [5.41, 5.74) is 1.91. The molecule has 1 atom stereocenters. The Morgan fingerprint density at radius 3 is 2.62 bits per heavy atom. The summed E-state index contributed by atoms with van der Waals surface area (Å²) < 4.78 is 5.88. The number of halogens is 1. The van der Waals surface area contributed by atoms with Crippen molar-refractivity contribution in [3.05, 3.63) is 64.1 Å². The van der Waals surface area contributed by atoms with Crippen molar-refractivity contribution < 1.29 is 19.1 Å². The van der Waals surface area contributed by atoms with E-state index < -0.39 is 23.4 Å². The van der Waals surface area contributed by atoms with E-state index in [4.69, 9.17) is 4.74 Å². The lowest BCUT2D eigenvalue weighted by Crippen LogP contribution is -2.47. The lowest BCUT2D eigenvalue weighted by molar-refractivity contribution is -0.132. The van der Waals surface area contributed by atoms with Crippen molar-refractivity contribution in [3.63, 3.8) is 0 Å². The molecule has 1 aliphatic heterocycles. The van der Waals surface area contributed by atoms with Crippen LogP contribution in [0.4, 0.5) is 4.79 Å². The van der Waals surface area contributed by atoms with Crippen LogP contribution in [0, 0.1) is 0 Å². The highest BCUT2D eigenvalue weighted by Crippen LogP contribution is 2.30. The minimum atomic E-state index is -1.31. The molecule has 1 aliphatic rings. The molecule has 2 aromatic rings. The molecule has 0 bridgehead atoms. The minimum absolute atomic E-state index is 0.315. The summed E-state index contributed by atoms with van der Waals surface area (Å²) in [6.45, 7) is 1.58. The van der Waals surface area contributed by atoms with E-state index in [1.807, 2.05) is 0 Å². The number of rotatable bonds is 4. The van der Waals surface area contributed by atoms with Crippen LogP contribution in [-0.2, 0) is 10.3 Å². The first kappa shape index (κ1) is 17.9. The quantitative estimate of drug-likeness (QED) is 0.748. The first-order valence-corrected chi connectivity index (χ1v) is 8.52. The number of benzene rings is 2. The second kappa shape index (κ2) is 6.80. The second-order valence-electron chi connectivity index (χ2n) is 5.88. The fourth-order valence-electron chi connectivity index (χ4n) is 2.67. The van der Waals surface area contributed by atoms with Crippen LogP contribution in [0.1, 0.15) is 22.8 Å². The van der Waals surface area contributed by atoms with Gasteiger partial charge in [0.15, 0.2) is 0 Å². The Bertz CT molecular complexity index is 902. The zero-order valence-electron chi connectivity index (χ0n) is 14.1. The average Bonchev–Trinajstić information content (AvgIpc) is 2.86. The van der Waals surface area contributed by atoms with Gasteiger partial charge in [0.05, 0.1) is 7.11 Å². The highest BCUT2D eigenvalue weighted by molar-refractivity contribution is 9.10. The molecule has 0 saturated carbocycles. The molecule has 3 rings (SSSR count). The number of hydrogen-bond donors (Lipinski definition) is 2. The molecule has 1 fully saturated rings. The van der Waals surface area contributed by atoms with Crippen LogP contribution in [0.15, 0.2) is 53.0 Å². The van der Waals surface area contributed by atoms with Gasteiger partial charge in [0.2, 0.25) is 0 Å². The number of hydrogen-bond acceptors (Lipinski definition) is 4. The lowest BCUT2D eigenvalue weighted by atomic mass is 9.92. The predicted molar refractivity (Wildman–Crippen MR) is 97.3 cm³/mol. The third-order valence-corrected chi connectivity index (χ3v) is 4.63. The van der Waals surface area contributed by atoms with Gasteiger partial charge in [0, 0.05) is 10.0 Å². The summed E-state index contributed by atoms with van der Waals surface area (Å²) in [6, 6.07) is 12.8. The maximum atomic E-state index is 12.8. The van der Waals surface area contributed by atoms with Gasteiger partial charge in [-0.3, -0.25) is 15.0 Å². The Balaban J connectivity index is 1.85. The number of hydrazine groups is 1. The fourth-order valence-corrected chi connectivity index (χ4v) is 3.07. The Labute approximate surface area is 158 Å². The molecule has 2 aromatic carbocycles. The topological polar surface area (TPSA) is 87.7 Å². The number of imide groups is 1. The fraction of sp³-hybridized carbons (Fsp3) is 0.167. The number of methoxy groups -OCH3 is 1. The van der Waals surface area contributed by atoms with Gasteiger partial charge in [-0.15, -0.1) is 0 Å². The van der Waals surface area contributed by atoms with Gasteiger partial charge in [-0.2, -0.15) is 5.01 Å². The van der Waals surface area contributed by atoms with Crippen molar-refractivity contribution in [2.24, 2.45) is 0 Å². The number of carbonyl (C=O) groups excluding carboxylic acids is 3. The van der Waals surface area contributed by atoms with Crippen LogP contribution in [0.2, 0.25) is 0 Å². The van der Waals surface area contributed by atoms with Gasteiger partial charge < -0.3 is 10.1 Å². The Kier molecular flexibility index (Phi) is 4.69. The standard InChI is InChI=1S/C18H16BrN3O4/c1-18(12-6-4-8-14(10-12)26-2)16(24)22(17(25)20-18)21-15(23)11-5-3-7-13(19)9-11/h3-10H,1-2H3,(H,20,25)(H,21,23)/t18-/m1/s1. The summed E-state index contributed by atoms with van der Waals surface area (Å²) in [6.07, 6.45) is 0. The maximum Gasteiger partial charge on any atom is 0.344 e. The van der Waals surface area contributed by atoms with Crippen molar-refractivity contribution in [2.45, 2.75) is 12.5 Å². The number of nitrogens with zero attached hydrogens (tertiary/aromatic N) is 1. The largest absolute Gasteiger partial charge is 0.497 e. The van der Waals surface area contributed by atoms with Crippen molar-refractivity contribution >= 4 is 33.8 Å². The zero-order valence-corrected chi connectivity index (χ0v) is 15.7. The minimum Gasteiger partial charge on any atom is -0.497 e. The van der Waals surface area contributed by atoms with E-state index in [0.717, 1.165) is 0 Å². The van der Waals surface area contributed by atoms with Crippen molar-refractivity contribution in [2.75, 3.05) is 7.11 Å². The summed E-state index contributed by atoms with van der Waals surface area (Å²) in [5, 5.41) is 3.32. The van der Waals surface area contributed by atoms with E-state index in [-0.39, 0.29) is 0 Å². The van der Waals surface area contributed by atoms with Crippen molar-refractivity contribution in [1.29, 1.82) is 0 Å². The maximum absolute atomic E-state index is 12.8. The molecule has 1 heterocycles. The van der Waals surface area contributed by atoms with Gasteiger partial charge in [-0.05, 0) is 42.8 Å². The Morgan fingerprint density at radius 2 is 1.92 bits per heavy atom. The molecule has 0 aliphatic carbocycles. The molecule has 1 saturated heterocycles. The van der Waals surface area contributed by atoms with E-state index in [1.54, 1.807) is 55.5 Å². The van der Waals surface area contributed by atoms with E-state index in [1.165, 1.54) is 7.11 Å². The third kappa shape index (κ3) is 3.15. The third-order valence-electron chi connectivity index (χ3n) is 4.14. The smallest absolute Gasteiger partial charge is 0.344 e. The molecule has 2 N–H and O–H groups in total. The summed E-state index contributed by atoms with van der Waals surface area (Å²) in [7, 11) is 1.51. The molecular formula is C18H16BrN3O4. The van der Waals surface area contributed by atoms with Crippen LogP contribution in [0.5, 0.6) is 5.75 Å². The monoisotopic (exact) mass is 417 g/mol. The van der Waals surface area contributed by atoms with E-state index >= 15 is 0 Å². The molecule has 0 unspecified atom stereocenters. The first-order valence-electron chi connectivity index (χ1n) is 7.73. The zero-order chi connectivity index (χ0) is 18.9. The molecule has 0 aromatic heterocycles. The van der Waals surface area contributed by atoms with Gasteiger partial charge in [-0.25, -0.2) is 4.79 Å². The Hall–Kier alpha value is -2.87. The normalized spacial score (nSPS) is 19.3. The average molecular weight is 418 g/mol. The molecular weight excluding hydrogens is 402 g/mol. The van der Waals surface area contributed by atoms with Gasteiger partial charge in [0.1, 0.15) is 11.3 Å². The van der Waals surface area contributed by atoms with Gasteiger partial charge in [-0.1, -0.05) is 34.1 Å². The van der Waals surface area contributed by atoms with Crippen molar-refractivity contribution in [1.82, 2.24) is 15.8 Å². The number of urea groups is 1. The molecule has 7 nitrogen and oxygen atoms in total. The lowest BCUT2D eigenvalue weighted by Gasteiger charge is -2.22. The number of amides is 4. The highest BCUT2D eigenvalue weighted by Gasteiger charge is 2.50. The van der Waals surface area contributed by atoms with Crippen LogP contribution >= 0.6 is 15.9 Å². The molecule has 0 spiro atoms. The SMILES string of the molecule is COc1cccc([C@@]2(C)NC(=O)N(NC(=O)c3cccc(Br)c3)C2=O)c1. The number of ether oxygens (including phenoxy) is 1. The molecule has 8 heteroatoms. The molecule has 0 radical (unpaired) electrons. The van der Waals surface area contributed by atoms with E-state index in [2.05, 4.69) is 26.7 Å². The second-order valence-corrected chi connectivity index (χ2v) is 6.79.